The van der Waals surface area contributed by atoms with Gasteiger partial charge < -0.3 is 10.1 Å². The monoisotopic (exact) mass is 412 g/mol. The second-order valence-corrected chi connectivity index (χ2v) is 7.63. The summed E-state index contributed by atoms with van der Waals surface area (Å²) in [7, 11) is -1.48. The highest BCUT2D eigenvalue weighted by atomic mass is 35.5. The number of rotatable bonds is 7. The van der Waals surface area contributed by atoms with Crippen molar-refractivity contribution < 1.29 is 27.6 Å². The molecule has 0 saturated carbocycles. The van der Waals surface area contributed by atoms with Gasteiger partial charge in [-0.2, -0.15) is 0 Å². The molecule has 0 radical (unpaired) electrons. The summed E-state index contributed by atoms with van der Waals surface area (Å²) in [4.78, 5) is 28.5. The Morgan fingerprint density at radius 3 is 2.52 bits per heavy atom. The summed E-state index contributed by atoms with van der Waals surface area (Å²) in [6.45, 7) is -0.541. The van der Waals surface area contributed by atoms with Crippen LogP contribution in [0.15, 0.2) is 53.4 Å². The molecule has 0 aliphatic heterocycles. The van der Waals surface area contributed by atoms with Crippen LogP contribution in [0.3, 0.4) is 0 Å². The highest BCUT2D eigenvalue weighted by molar-refractivity contribution is 7.89. The van der Waals surface area contributed by atoms with Gasteiger partial charge in [0.1, 0.15) is 0 Å². The van der Waals surface area contributed by atoms with E-state index in [1.807, 2.05) is 0 Å². The van der Waals surface area contributed by atoms with Gasteiger partial charge in [0.2, 0.25) is 0 Å². The third-order valence-corrected chi connectivity index (χ3v) is 5.32. The van der Waals surface area contributed by atoms with Gasteiger partial charge in [-0.05, 0) is 36.4 Å². The molecule has 1 amide bonds. The predicted octanol–water partition coefficient (Wildman–Crippen LogP) is 2.32. The Labute approximate surface area is 161 Å². The molecular weight excluding hydrogens is 396 g/mol. The summed E-state index contributed by atoms with van der Waals surface area (Å²) < 4.78 is 30.0. The van der Waals surface area contributed by atoms with Crippen molar-refractivity contribution in [1.29, 1.82) is 0 Å². The van der Waals surface area contributed by atoms with E-state index in [0.717, 1.165) is 6.07 Å². The van der Waals surface area contributed by atoms with Crippen molar-refractivity contribution in [1.82, 2.24) is 4.47 Å². The lowest BCUT2D eigenvalue weighted by atomic mass is 10.2. The molecule has 0 spiro atoms. The minimum Gasteiger partial charge on any atom is -0.452 e. The first-order valence-electron chi connectivity index (χ1n) is 7.59. The number of esters is 1. The number of sulfonamides is 1. The average molecular weight is 413 g/mol. The second kappa shape index (κ2) is 8.96. The third kappa shape index (κ3) is 5.51. The zero-order chi connectivity index (χ0) is 20.0. The molecule has 0 aliphatic rings. The Morgan fingerprint density at radius 1 is 1.15 bits per heavy atom. The maximum Gasteiger partial charge on any atom is 0.338 e. The molecule has 2 aromatic carbocycles. The number of ether oxygens (including phenoxy) is 1. The molecule has 0 bridgehead atoms. The van der Waals surface area contributed by atoms with Crippen molar-refractivity contribution in [3.63, 3.8) is 0 Å². The van der Waals surface area contributed by atoms with Crippen molar-refractivity contribution in [2.45, 2.75) is 4.90 Å². The van der Waals surface area contributed by atoms with Crippen LogP contribution in [-0.4, -0.2) is 45.5 Å². The number of hydroxylamine groups is 1. The zero-order valence-electron chi connectivity index (χ0n) is 14.5. The minimum atomic E-state index is -3.91. The van der Waals surface area contributed by atoms with Crippen molar-refractivity contribution >= 4 is 39.2 Å². The number of amides is 1. The molecule has 0 fully saturated rings. The standard InChI is InChI=1S/C17H17ClN2O6S/c1-20(25-2)27(23,24)15-8-3-5-12(9-15)17(22)26-11-16(21)19-14-7-4-6-13(18)10-14/h3-10H,11H2,1-2H3,(H,19,21). The fraction of sp³-hybridized carbons (Fsp3) is 0.176. The van der Waals surface area contributed by atoms with Gasteiger partial charge in [-0.3, -0.25) is 9.63 Å². The second-order valence-electron chi connectivity index (χ2n) is 5.26. The van der Waals surface area contributed by atoms with Crippen LogP contribution < -0.4 is 5.32 Å². The number of anilines is 1. The molecule has 27 heavy (non-hydrogen) atoms. The molecule has 0 aliphatic carbocycles. The number of benzene rings is 2. The number of nitrogens with zero attached hydrogens (tertiary/aromatic N) is 1. The molecule has 2 aromatic rings. The average Bonchev–Trinajstić information content (AvgIpc) is 2.65. The minimum absolute atomic E-state index is 0.0175. The Morgan fingerprint density at radius 2 is 1.85 bits per heavy atom. The van der Waals surface area contributed by atoms with Gasteiger partial charge in [-0.25, -0.2) is 13.2 Å². The van der Waals surface area contributed by atoms with Crippen LogP contribution in [0.4, 0.5) is 5.69 Å². The summed E-state index contributed by atoms with van der Waals surface area (Å²) in [6.07, 6.45) is 0. The van der Waals surface area contributed by atoms with E-state index in [0.29, 0.717) is 15.2 Å². The summed E-state index contributed by atoms with van der Waals surface area (Å²) >= 11 is 5.82. The Kier molecular flexibility index (Phi) is 6.92. The predicted molar refractivity (Wildman–Crippen MR) is 98.8 cm³/mol. The quantitative estimate of drug-likeness (QED) is 0.553. The molecule has 0 unspecified atom stereocenters. The van der Waals surface area contributed by atoms with Crippen molar-refractivity contribution in [2.24, 2.45) is 0 Å². The number of hydrogen-bond acceptors (Lipinski definition) is 6. The zero-order valence-corrected chi connectivity index (χ0v) is 16.1. The first kappa shape index (κ1) is 20.8. The number of halogens is 1. The number of carbonyl (C=O) groups is 2. The van der Waals surface area contributed by atoms with E-state index in [1.165, 1.54) is 32.4 Å². The van der Waals surface area contributed by atoms with Crippen LogP contribution in [0.1, 0.15) is 10.4 Å². The highest BCUT2D eigenvalue weighted by Gasteiger charge is 2.22. The van der Waals surface area contributed by atoms with Gasteiger partial charge in [0.25, 0.3) is 15.9 Å². The Bertz CT molecular complexity index is 948. The Hall–Kier alpha value is -2.46. The maximum absolute atomic E-state index is 12.2. The highest BCUT2D eigenvalue weighted by Crippen LogP contribution is 2.17. The van der Waals surface area contributed by atoms with Gasteiger partial charge in [0, 0.05) is 17.8 Å². The molecule has 0 atom stereocenters. The summed E-state index contributed by atoms with van der Waals surface area (Å²) in [5, 5.41) is 2.98. The molecule has 1 N–H and O–H groups in total. The Balaban J connectivity index is 2.02. The fourth-order valence-corrected chi connectivity index (χ4v) is 3.22. The SMILES string of the molecule is CON(C)S(=O)(=O)c1cccc(C(=O)OCC(=O)Nc2cccc(Cl)c2)c1. The maximum atomic E-state index is 12.2. The molecule has 144 valence electrons. The lowest BCUT2D eigenvalue weighted by Crippen LogP contribution is -2.26. The normalized spacial score (nSPS) is 11.3. The molecule has 8 nitrogen and oxygen atoms in total. The topological polar surface area (TPSA) is 102 Å². The van der Waals surface area contributed by atoms with E-state index in [1.54, 1.807) is 24.3 Å². The van der Waals surface area contributed by atoms with Gasteiger partial charge in [-0.1, -0.05) is 28.2 Å². The van der Waals surface area contributed by atoms with Crippen LogP contribution in [0.25, 0.3) is 0 Å². The van der Waals surface area contributed by atoms with E-state index in [2.05, 4.69) is 10.2 Å². The smallest absolute Gasteiger partial charge is 0.338 e. The van der Waals surface area contributed by atoms with Gasteiger partial charge in [0.05, 0.1) is 17.6 Å². The van der Waals surface area contributed by atoms with Crippen LogP contribution in [-0.2, 0) is 24.4 Å². The van der Waals surface area contributed by atoms with Crippen LogP contribution in [0.2, 0.25) is 5.02 Å². The molecule has 2 rings (SSSR count). The van der Waals surface area contributed by atoms with E-state index in [4.69, 9.17) is 16.3 Å². The first-order chi connectivity index (χ1) is 12.7. The van der Waals surface area contributed by atoms with E-state index < -0.39 is 28.5 Å². The number of carbonyl (C=O) groups excluding carboxylic acids is 2. The van der Waals surface area contributed by atoms with Crippen molar-refractivity contribution in [3.05, 3.63) is 59.1 Å². The van der Waals surface area contributed by atoms with Gasteiger partial charge >= 0.3 is 5.97 Å². The number of hydrogen-bond donors (Lipinski definition) is 1. The molecule has 0 aromatic heterocycles. The first-order valence-corrected chi connectivity index (χ1v) is 9.41. The summed E-state index contributed by atoms with van der Waals surface area (Å²) in [6, 6.07) is 11.7. The van der Waals surface area contributed by atoms with Crippen LogP contribution >= 0.6 is 11.6 Å². The van der Waals surface area contributed by atoms with Crippen molar-refractivity contribution in [3.8, 4) is 0 Å². The van der Waals surface area contributed by atoms with Crippen molar-refractivity contribution in [2.75, 3.05) is 26.1 Å². The largest absolute Gasteiger partial charge is 0.452 e. The van der Waals surface area contributed by atoms with E-state index >= 15 is 0 Å². The molecule has 0 heterocycles. The summed E-state index contributed by atoms with van der Waals surface area (Å²) in [5.41, 5.74) is 0.440. The number of nitrogens with one attached hydrogen (secondary N) is 1. The lowest BCUT2D eigenvalue weighted by Gasteiger charge is -2.14. The molecule has 0 saturated heterocycles. The van der Waals surface area contributed by atoms with Gasteiger partial charge in [0.15, 0.2) is 6.61 Å². The fourth-order valence-electron chi connectivity index (χ4n) is 2.01. The molecular formula is C17H17ClN2O6S. The summed E-state index contributed by atoms with van der Waals surface area (Å²) in [5.74, 6) is -1.40. The van der Waals surface area contributed by atoms with Crippen LogP contribution in [0.5, 0.6) is 0 Å². The molecule has 10 heteroatoms. The van der Waals surface area contributed by atoms with E-state index in [9.17, 15) is 18.0 Å². The third-order valence-electron chi connectivity index (χ3n) is 3.41. The lowest BCUT2D eigenvalue weighted by molar-refractivity contribution is -0.119. The van der Waals surface area contributed by atoms with Crippen LogP contribution in [0, 0.1) is 0 Å². The van der Waals surface area contributed by atoms with E-state index in [-0.39, 0.29) is 10.5 Å². The van der Waals surface area contributed by atoms with Gasteiger partial charge in [-0.15, -0.1) is 0 Å².